The van der Waals surface area contributed by atoms with Gasteiger partial charge in [0.2, 0.25) is 0 Å². The molecule has 20 heavy (non-hydrogen) atoms. The van der Waals surface area contributed by atoms with Gasteiger partial charge >= 0.3 is 0 Å². The van der Waals surface area contributed by atoms with Gasteiger partial charge in [-0.05, 0) is 35.9 Å². The van der Waals surface area contributed by atoms with Crippen molar-refractivity contribution in [1.82, 2.24) is 0 Å². The lowest BCUT2D eigenvalue weighted by atomic mass is 10.0. The van der Waals surface area contributed by atoms with Crippen LogP contribution < -0.4 is 4.74 Å². The third kappa shape index (κ3) is 3.16. The lowest BCUT2D eigenvalue weighted by Gasteiger charge is -2.02. The van der Waals surface area contributed by atoms with Gasteiger partial charge in [0.05, 0.1) is 12.7 Å². The van der Waals surface area contributed by atoms with Crippen molar-refractivity contribution in [2.75, 3.05) is 7.11 Å². The molecule has 100 valence electrons. The van der Waals surface area contributed by atoms with Gasteiger partial charge in [-0.3, -0.25) is 0 Å². The van der Waals surface area contributed by atoms with Gasteiger partial charge in [-0.1, -0.05) is 30.3 Å². The number of benzene rings is 2. The van der Waals surface area contributed by atoms with E-state index in [0.29, 0.717) is 11.1 Å². The van der Waals surface area contributed by atoms with Crippen molar-refractivity contribution in [1.29, 1.82) is 0 Å². The maximum Gasteiger partial charge on any atom is 0.133 e. The highest BCUT2D eigenvalue weighted by Gasteiger charge is 2.04. The zero-order valence-electron chi connectivity index (χ0n) is 11.0. The van der Waals surface area contributed by atoms with Crippen molar-refractivity contribution in [3.63, 3.8) is 0 Å². The number of rotatable bonds is 4. The first-order valence-corrected chi connectivity index (χ1v) is 6.10. The average Bonchev–Trinajstić information content (AvgIpc) is 2.50. The Labute approximate surface area is 117 Å². The standard InChI is InChI=1S/C17H14O3/c1-20-15-10-7-13(8-11-15)6-9-14(12-18)16-4-2-3-5-17(16)19/h2-11,19H,1H3/b9-6+. The molecule has 0 unspecified atom stereocenters. The van der Waals surface area contributed by atoms with Crippen LogP contribution in [0, 0.1) is 0 Å². The molecule has 2 aromatic carbocycles. The number of hydrogen-bond acceptors (Lipinski definition) is 3. The van der Waals surface area contributed by atoms with Crippen LogP contribution in [0.3, 0.4) is 0 Å². The van der Waals surface area contributed by atoms with Crippen molar-refractivity contribution < 1.29 is 14.6 Å². The maximum atomic E-state index is 11.0. The number of ether oxygens (including phenoxy) is 1. The molecule has 3 nitrogen and oxygen atoms in total. The highest BCUT2D eigenvalue weighted by atomic mass is 16.5. The van der Waals surface area contributed by atoms with E-state index in [9.17, 15) is 9.90 Å². The van der Waals surface area contributed by atoms with Gasteiger partial charge in [0.1, 0.15) is 17.4 Å². The van der Waals surface area contributed by atoms with Crippen LogP contribution in [0.4, 0.5) is 0 Å². The van der Waals surface area contributed by atoms with Crippen molar-refractivity contribution in [2.24, 2.45) is 0 Å². The minimum atomic E-state index is 0.0604. The van der Waals surface area contributed by atoms with Gasteiger partial charge < -0.3 is 9.84 Å². The molecule has 0 spiro atoms. The molecule has 0 fully saturated rings. The summed E-state index contributed by atoms with van der Waals surface area (Å²) in [5, 5.41) is 9.73. The molecule has 0 aliphatic heterocycles. The van der Waals surface area contributed by atoms with Crippen LogP contribution in [0.5, 0.6) is 11.5 Å². The first-order chi connectivity index (χ1) is 9.74. The van der Waals surface area contributed by atoms with E-state index in [4.69, 9.17) is 4.74 Å². The summed E-state index contributed by atoms with van der Waals surface area (Å²) in [6.45, 7) is 0. The van der Waals surface area contributed by atoms with E-state index in [1.54, 1.807) is 37.5 Å². The first-order valence-electron chi connectivity index (χ1n) is 6.10. The highest BCUT2D eigenvalue weighted by Crippen LogP contribution is 2.24. The monoisotopic (exact) mass is 266 g/mol. The Morgan fingerprint density at radius 3 is 2.45 bits per heavy atom. The topological polar surface area (TPSA) is 46.5 Å². The van der Waals surface area contributed by atoms with E-state index in [1.807, 2.05) is 30.2 Å². The van der Waals surface area contributed by atoms with E-state index in [2.05, 4.69) is 0 Å². The predicted octanol–water partition coefficient (Wildman–Crippen LogP) is 3.33. The average molecular weight is 266 g/mol. The van der Waals surface area contributed by atoms with Crippen LogP contribution in [-0.2, 0) is 4.79 Å². The third-order valence-electron chi connectivity index (χ3n) is 2.86. The molecule has 0 radical (unpaired) electrons. The second kappa shape index (κ2) is 6.41. The molecule has 0 heterocycles. The Kier molecular flexibility index (Phi) is 4.38. The van der Waals surface area contributed by atoms with Crippen LogP contribution in [0.15, 0.2) is 54.6 Å². The molecule has 0 saturated carbocycles. The van der Waals surface area contributed by atoms with Crippen molar-refractivity contribution in [3.05, 3.63) is 65.7 Å². The van der Waals surface area contributed by atoms with Crippen molar-refractivity contribution in [2.45, 2.75) is 0 Å². The normalized spacial score (nSPS) is 10.2. The number of methoxy groups -OCH3 is 1. The maximum absolute atomic E-state index is 11.0. The molecule has 0 aliphatic rings. The second-order valence-electron chi connectivity index (χ2n) is 4.14. The number of aromatic hydroxyl groups is 1. The summed E-state index contributed by atoms with van der Waals surface area (Å²) in [6.07, 6.45) is 3.41. The quantitative estimate of drug-likeness (QED) is 0.682. The van der Waals surface area contributed by atoms with E-state index in [-0.39, 0.29) is 5.75 Å². The number of phenolic OH excluding ortho intramolecular Hbond substituents is 1. The van der Waals surface area contributed by atoms with E-state index in [1.165, 1.54) is 6.07 Å². The molecule has 0 atom stereocenters. The van der Waals surface area contributed by atoms with Crippen LogP contribution in [-0.4, -0.2) is 18.2 Å². The van der Waals surface area contributed by atoms with E-state index >= 15 is 0 Å². The molecule has 0 bridgehead atoms. The summed E-state index contributed by atoms with van der Waals surface area (Å²) in [4.78, 5) is 11.0. The molecule has 0 aromatic heterocycles. The highest BCUT2D eigenvalue weighted by molar-refractivity contribution is 5.97. The fourth-order valence-corrected chi connectivity index (χ4v) is 1.77. The predicted molar refractivity (Wildman–Crippen MR) is 79.2 cm³/mol. The lowest BCUT2D eigenvalue weighted by molar-refractivity contribution is 0.415. The zero-order valence-corrected chi connectivity index (χ0v) is 11.0. The van der Waals surface area contributed by atoms with Gasteiger partial charge in [-0.25, -0.2) is 4.79 Å². The van der Waals surface area contributed by atoms with Crippen LogP contribution in [0.2, 0.25) is 0 Å². The lowest BCUT2D eigenvalue weighted by Crippen LogP contribution is -1.84. The van der Waals surface area contributed by atoms with Crippen LogP contribution in [0.1, 0.15) is 11.1 Å². The SMILES string of the molecule is COc1ccc(/C=C/C(=C=O)c2ccccc2O)cc1. The van der Waals surface area contributed by atoms with E-state index in [0.717, 1.165) is 11.3 Å². The molecule has 1 N–H and O–H groups in total. The number of carbonyl (C=O) groups excluding carboxylic acids is 1. The second-order valence-corrected chi connectivity index (χ2v) is 4.14. The van der Waals surface area contributed by atoms with Crippen molar-refractivity contribution >= 4 is 17.6 Å². The van der Waals surface area contributed by atoms with Gasteiger partial charge in [-0.15, -0.1) is 0 Å². The third-order valence-corrected chi connectivity index (χ3v) is 2.86. The minimum absolute atomic E-state index is 0.0604. The fraction of sp³-hybridized carbons (Fsp3) is 0.0588. The smallest absolute Gasteiger partial charge is 0.133 e. The van der Waals surface area contributed by atoms with Gasteiger partial charge in [-0.2, -0.15) is 0 Å². The first kappa shape index (κ1) is 13.7. The Hall–Kier alpha value is -2.77. The van der Waals surface area contributed by atoms with Crippen LogP contribution in [0.25, 0.3) is 11.6 Å². The van der Waals surface area contributed by atoms with Crippen molar-refractivity contribution in [3.8, 4) is 11.5 Å². The fourth-order valence-electron chi connectivity index (χ4n) is 1.77. The summed E-state index contributed by atoms with van der Waals surface area (Å²) >= 11 is 0. The molecular weight excluding hydrogens is 252 g/mol. The Balaban J connectivity index is 2.24. The Morgan fingerprint density at radius 2 is 1.85 bits per heavy atom. The van der Waals surface area contributed by atoms with Crippen LogP contribution >= 0.6 is 0 Å². The molecule has 2 rings (SSSR count). The zero-order chi connectivity index (χ0) is 14.4. The Morgan fingerprint density at radius 1 is 1.15 bits per heavy atom. The summed E-state index contributed by atoms with van der Waals surface area (Å²) in [6, 6.07) is 14.1. The molecule has 2 aromatic rings. The summed E-state index contributed by atoms with van der Waals surface area (Å²) in [5.41, 5.74) is 1.69. The molecular formula is C17H14O3. The van der Waals surface area contributed by atoms with Gasteiger partial charge in [0.25, 0.3) is 0 Å². The summed E-state index contributed by atoms with van der Waals surface area (Å²) in [5.74, 6) is 2.68. The molecule has 0 aliphatic carbocycles. The summed E-state index contributed by atoms with van der Waals surface area (Å²) < 4.78 is 5.08. The summed E-state index contributed by atoms with van der Waals surface area (Å²) in [7, 11) is 1.61. The minimum Gasteiger partial charge on any atom is -0.507 e. The molecule has 0 saturated heterocycles. The van der Waals surface area contributed by atoms with Gasteiger partial charge in [0, 0.05) is 5.56 Å². The Bertz CT molecular complexity index is 663. The largest absolute Gasteiger partial charge is 0.507 e. The van der Waals surface area contributed by atoms with E-state index < -0.39 is 0 Å². The molecule has 3 heteroatoms. The van der Waals surface area contributed by atoms with Gasteiger partial charge in [0.15, 0.2) is 0 Å². The number of allylic oxidation sites excluding steroid dienone is 2. The molecule has 0 amide bonds. The number of phenols is 1. The number of hydrogen-bond donors (Lipinski definition) is 1. The number of para-hydroxylation sites is 1.